The van der Waals surface area contributed by atoms with Crippen LogP contribution in [0.15, 0.2) is 48.5 Å². The number of piperazine rings is 1. The van der Waals surface area contributed by atoms with E-state index in [1.165, 1.54) is 23.1 Å². The maximum atomic E-state index is 13.5. The molecule has 35 heavy (non-hydrogen) atoms. The van der Waals surface area contributed by atoms with Crippen LogP contribution >= 0.6 is 0 Å². The molecule has 188 valence electrons. The third-order valence-corrected chi connectivity index (χ3v) is 5.68. The van der Waals surface area contributed by atoms with E-state index in [0.29, 0.717) is 31.7 Å². The van der Waals surface area contributed by atoms with Crippen LogP contribution in [0.5, 0.6) is 0 Å². The minimum atomic E-state index is -0.489. The standard InChI is InChI=1S/C26H34FN5O3/c1-4-12-32(25(34)20-6-5-7-21(27)17-20)18-24(33)29-22-8-10-23(11-9-22)30-13-15-31(16-14-30)26(35)28-19(2)3/h5-11,17,19H,4,12-16,18H2,1-3H3,(H,28,35)(H,29,33). The Morgan fingerprint density at radius 3 is 2.31 bits per heavy atom. The number of hydrogen-bond acceptors (Lipinski definition) is 4. The van der Waals surface area contributed by atoms with Gasteiger partial charge in [-0.05, 0) is 62.7 Å². The number of anilines is 2. The third kappa shape index (κ3) is 7.43. The monoisotopic (exact) mass is 483 g/mol. The Balaban J connectivity index is 1.53. The van der Waals surface area contributed by atoms with Crippen LogP contribution in [-0.4, -0.2) is 73.0 Å². The van der Waals surface area contributed by atoms with Gasteiger partial charge in [0.15, 0.2) is 0 Å². The number of nitrogens with zero attached hydrogens (tertiary/aromatic N) is 3. The van der Waals surface area contributed by atoms with E-state index in [2.05, 4.69) is 15.5 Å². The molecule has 0 unspecified atom stereocenters. The molecule has 0 atom stereocenters. The summed E-state index contributed by atoms with van der Waals surface area (Å²) in [7, 11) is 0. The Kier molecular flexibility index (Phi) is 9.05. The van der Waals surface area contributed by atoms with Crippen molar-refractivity contribution in [1.29, 1.82) is 0 Å². The summed E-state index contributed by atoms with van der Waals surface area (Å²) in [5.74, 6) is -1.18. The van der Waals surface area contributed by atoms with E-state index < -0.39 is 5.82 Å². The van der Waals surface area contributed by atoms with E-state index in [1.807, 2.05) is 49.9 Å². The summed E-state index contributed by atoms with van der Waals surface area (Å²) in [6.07, 6.45) is 0.676. The number of amides is 4. The van der Waals surface area contributed by atoms with Crippen LogP contribution in [-0.2, 0) is 4.79 Å². The molecule has 2 aromatic carbocycles. The van der Waals surface area contributed by atoms with Gasteiger partial charge in [0.05, 0.1) is 0 Å². The zero-order valence-corrected chi connectivity index (χ0v) is 20.6. The van der Waals surface area contributed by atoms with Crippen molar-refractivity contribution >= 4 is 29.2 Å². The Bertz CT molecular complexity index is 1020. The van der Waals surface area contributed by atoms with Crippen LogP contribution < -0.4 is 15.5 Å². The fraction of sp³-hybridized carbons (Fsp3) is 0.423. The number of carbonyl (C=O) groups excluding carboxylic acids is 3. The van der Waals surface area contributed by atoms with Gasteiger partial charge in [-0.15, -0.1) is 0 Å². The maximum absolute atomic E-state index is 13.5. The SMILES string of the molecule is CCCN(CC(=O)Nc1ccc(N2CCN(C(=O)NC(C)C)CC2)cc1)C(=O)c1cccc(F)c1. The summed E-state index contributed by atoms with van der Waals surface area (Å²) in [5.41, 5.74) is 1.86. The summed E-state index contributed by atoms with van der Waals surface area (Å²) < 4.78 is 13.5. The number of hydrogen-bond donors (Lipinski definition) is 2. The maximum Gasteiger partial charge on any atom is 0.317 e. The lowest BCUT2D eigenvalue weighted by molar-refractivity contribution is -0.116. The third-order valence-electron chi connectivity index (χ3n) is 5.68. The quantitative estimate of drug-likeness (QED) is 0.601. The van der Waals surface area contributed by atoms with Crippen LogP contribution in [0.1, 0.15) is 37.6 Å². The normalized spacial score (nSPS) is 13.5. The predicted molar refractivity (Wildman–Crippen MR) is 135 cm³/mol. The number of benzene rings is 2. The Labute approximate surface area is 206 Å². The van der Waals surface area contributed by atoms with E-state index >= 15 is 0 Å². The zero-order chi connectivity index (χ0) is 25.4. The second kappa shape index (κ2) is 12.2. The van der Waals surface area contributed by atoms with Gasteiger partial charge in [0.1, 0.15) is 12.4 Å². The van der Waals surface area contributed by atoms with E-state index in [-0.39, 0.29) is 36.0 Å². The van der Waals surface area contributed by atoms with Crippen molar-refractivity contribution in [2.75, 3.05) is 49.5 Å². The largest absolute Gasteiger partial charge is 0.368 e. The molecule has 3 rings (SSSR count). The van der Waals surface area contributed by atoms with E-state index in [0.717, 1.165) is 18.8 Å². The van der Waals surface area contributed by atoms with Gasteiger partial charge in [-0.25, -0.2) is 9.18 Å². The van der Waals surface area contributed by atoms with E-state index in [9.17, 15) is 18.8 Å². The number of rotatable bonds is 8. The number of urea groups is 1. The Morgan fingerprint density at radius 1 is 1.03 bits per heavy atom. The molecule has 0 spiro atoms. The minimum Gasteiger partial charge on any atom is -0.368 e. The highest BCUT2D eigenvalue weighted by molar-refractivity contribution is 5.99. The first-order chi connectivity index (χ1) is 16.8. The lowest BCUT2D eigenvalue weighted by Crippen LogP contribution is -2.52. The summed E-state index contributed by atoms with van der Waals surface area (Å²) in [5, 5.41) is 5.75. The van der Waals surface area contributed by atoms with E-state index in [4.69, 9.17) is 0 Å². The average molecular weight is 484 g/mol. The highest BCUT2D eigenvalue weighted by atomic mass is 19.1. The first kappa shape index (κ1) is 26.0. The topological polar surface area (TPSA) is 85.0 Å². The van der Waals surface area contributed by atoms with Gasteiger partial charge in [-0.1, -0.05) is 13.0 Å². The van der Waals surface area contributed by atoms with Crippen LogP contribution in [0.2, 0.25) is 0 Å². The summed E-state index contributed by atoms with van der Waals surface area (Å²) >= 11 is 0. The second-order valence-electron chi connectivity index (χ2n) is 8.91. The zero-order valence-electron chi connectivity index (χ0n) is 20.6. The molecule has 0 aliphatic carbocycles. The van der Waals surface area contributed by atoms with Gasteiger partial charge >= 0.3 is 6.03 Å². The van der Waals surface area contributed by atoms with Gasteiger partial charge < -0.3 is 25.3 Å². The molecule has 2 aromatic rings. The van der Waals surface area contributed by atoms with Crippen molar-refractivity contribution in [2.45, 2.75) is 33.2 Å². The van der Waals surface area contributed by atoms with Crippen LogP contribution in [0.25, 0.3) is 0 Å². The van der Waals surface area contributed by atoms with Crippen molar-refractivity contribution in [3.05, 3.63) is 59.9 Å². The molecule has 0 radical (unpaired) electrons. The molecule has 1 heterocycles. The Hall–Kier alpha value is -3.62. The number of nitrogens with one attached hydrogen (secondary N) is 2. The van der Waals surface area contributed by atoms with Crippen molar-refractivity contribution in [3.8, 4) is 0 Å². The van der Waals surface area contributed by atoms with E-state index in [1.54, 1.807) is 6.07 Å². The second-order valence-corrected chi connectivity index (χ2v) is 8.91. The molecule has 0 bridgehead atoms. The summed E-state index contributed by atoms with van der Waals surface area (Å²) in [6, 6.07) is 13.1. The fourth-order valence-electron chi connectivity index (χ4n) is 3.96. The lowest BCUT2D eigenvalue weighted by atomic mass is 10.2. The van der Waals surface area contributed by atoms with Gasteiger partial charge in [0.25, 0.3) is 5.91 Å². The molecular formula is C26H34FN5O3. The smallest absolute Gasteiger partial charge is 0.317 e. The molecular weight excluding hydrogens is 449 g/mol. The summed E-state index contributed by atoms with van der Waals surface area (Å²) in [6.45, 7) is 8.81. The highest BCUT2D eigenvalue weighted by Gasteiger charge is 2.22. The molecule has 0 saturated carbocycles. The molecule has 1 aliphatic rings. The first-order valence-corrected chi connectivity index (χ1v) is 12.0. The van der Waals surface area contributed by atoms with Crippen LogP contribution in [0.4, 0.5) is 20.6 Å². The summed E-state index contributed by atoms with van der Waals surface area (Å²) in [4.78, 5) is 43.0. The van der Waals surface area contributed by atoms with Gasteiger partial charge in [0.2, 0.25) is 5.91 Å². The molecule has 0 aromatic heterocycles. The molecule has 9 heteroatoms. The van der Waals surface area contributed by atoms with Gasteiger partial charge in [-0.2, -0.15) is 0 Å². The van der Waals surface area contributed by atoms with Gasteiger partial charge in [-0.3, -0.25) is 9.59 Å². The van der Waals surface area contributed by atoms with Crippen LogP contribution in [0, 0.1) is 5.82 Å². The number of carbonyl (C=O) groups is 3. The molecule has 4 amide bonds. The van der Waals surface area contributed by atoms with Gasteiger partial charge in [0, 0.05) is 55.7 Å². The average Bonchev–Trinajstić information content (AvgIpc) is 2.83. The fourth-order valence-corrected chi connectivity index (χ4v) is 3.96. The van der Waals surface area contributed by atoms with Crippen molar-refractivity contribution < 1.29 is 18.8 Å². The molecule has 8 nitrogen and oxygen atoms in total. The number of halogens is 1. The molecule has 1 fully saturated rings. The van der Waals surface area contributed by atoms with Crippen LogP contribution in [0.3, 0.4) is 0 Å². The molecule has 2 N–H and O–H groups in total. The lowest BCUT2D eigenvalue weighted by Gasteiger charge is -2.36. The highest BCUT2D eigenvalue weighted by Crippen LogP contribution is 2.20. The Morgan fingerprint density at radius 2 is 1.71 bits per heavy atom. The molecule has 1 aliphatic heterocycles. The minimum absolute atomic E-state index is 0.0364. The molecule has 1 saturated heterocycles. The van der Waals surface area contributed by atoms with Crippen molar-refractivity contribution in [1.82, 2.24) is 15.1 Å². The van der Waals surface area contributed by atoms with Crippen molar-refractivity contribution in [2.24, 2.45) is 0 Å². The predicted octanol–water partition coefficient (Wildman–Crippen LogP) is 3.56. The first-order valence-electron chi connectivity index (χ1n) is 12.0. The van der Waals surface area contributed by atoms with Crippen molar-refractivity contribution in [3.63, 3.8) is 0 Å².